The number of carbonyl (C=O) groups excluding carboxylic acids is 2. The van der Waals surface area contributed by atoms with Gasteiger partial charge in [-0.15, -0.1) is 0 Å². The molecule has 1 fully saturated rings. The number of ketones is 1. The molecule has 0 aromatic carbocycles. The fourth-order valence-corrected chi connectivity index (χ4v) is 3.21. The second kappa shape index (κ2) is 5.63. The van der Waals surface area contributed by atoms with E-state index in [0.717, 1.165) is 0 Å². The van der Waals surface area contributed by atoms with Crippen molar-refractivity contribution in [3.8, 4) is 0 Å². The van der Waals surface area contributed by atoms with Gasteiger partial charge in [0.15, 0.2) is 0 Å². The molecule has 0 aromatic rings. The molecule has 3 unspecified atom stereocenters. The molecule has 0 aliphatic heterocycles. The van der Waals surface area contributed by atoms with E-state index in [9.17, 15) is 9.59 Å². The van der Waals surface area contributed by atoms with Gasteiger partial charge in [-0.2, -0.15) is 0 Å². The Bertz CT molecular complexity index is 437. The number of hydrogen-bond donors (Lipinski definition) is 0. The van der Waals surface area contributed by atoms with Crippen LogP contribution in [-0.2, 0) is 28.5 Å². The molecule has 3 atom stereocenters. The van der Waals surface area contributed by atoms with Crippen LogP contribution in [0.1, 0.15) is 13.3 Å². The lowest BCUT2D eigenvalue weighted by Crippen LogP contribution is -2.63. The molecule has 3 rings (SSSR count). The third-order valence-corrected chi connectivity index (χ3v) is 4.12. The quantitative estimate of drug-likeness (QED) is 0.546. The van der Waals surface area contributed by atoms with Crippen LogP contribution >= 0.6 is 0 Å². The standard InChI is InChI=1S/C14H20O6/c1-5-20-11-7-10-8(13(16)17-2)6-9(11)12(15)14(10,18-3)19-4/h6,9-11H,5,7H2,1-4H3. The van der Waals surface area contributed by atoms with Gasteiger partial charge in [0, 0.05) is 26.4 Å². The average Bonchev–Trinajstić information content (AvgIpc) is 2.48. The summed E-state index contributed by atoms with van der Waals surface area (Å²) >= 11 is 0. The molecule has 6 heteroatoms. The number of methoxy groups -OCH3 is 3. The van der Waals surface area contributed by atoms with Gasteiger partial charge in [0.2, 0.25) is 11.6 Å². The van der Waals surface area contributed by atoms with E-state index in [1.54, 1.807) is 6.08 Å². The lowest BCUT2D eigenvalue weighted by Gasteiger charge is -2.49. The molecular formula is C14H20O6. The number of esters is 1. The number of carbonyl (C=O) groups is 2. The maximum Gasteiger partial charge on any atom is 0.333 e. The maximum absolute atomic E-state index is 12.6. The van der Waals surface area contributed by atoms with E-state index in [1.165, 1.54) is 21.3 Å². The third kappa shape index (κ3) is 1.99. The summed E-state index contributed by atoms with van der Waals surface area (Å²) in [4.78, 5) is 24.5. The Morgan fingerprint density at radius 1 is 1.35 bits per heavy atom. The highest BCUT2D eigenvalue weighted by Gasteiger charge is 2.61. The second-order valence-electron chi connectivity index (χ2n) is 4.86. The molecule has 1 saturated carbocycles. The molecule has 3 aliphatic carbocycles. The smallest absolute Gasteiger partial charge is 0.333 e. The van der Waals surface area contributed by atoms with E-state index in [4.69, 9.17) is 18.9 Å². The van der Waals surface area contributed by atoms with Crippen molar-refractivity contribution in [3.05, 3.63) is 11.6 Å². The van der Waals surface area contributed by atoms with Crippen LogP contribution in [-0.4, -0.2) is 51.6 Å². The van der Waals surface area contributed by atoms with E-state index in [2.05, 4.69) is 0 Å². The summed E-state index contributed by atoms with van der Waals surface area (Å²) in [5, 5.41) is 0. The predicted octanol–water partition coefficient (Wildman–Crippen LogP) is 0.699. The molecule has 6 nitrogen and oxygen atoms in total. The fraction of sp³-hybridized carbons (Fsp3) is 0.714. The maximum atomic E-state index is 12.6. The molecule has 0 saturated heterocycles. The van der Waals surface area contributed by atoms with Crippen molar-refractivity contribution in [1.82, 2.24) is 0 Å². The normalized spacial score (nSPS) is 31.1. The van der Waals surface area contributed by atoms with Crippen LogP contribution in [0.2, 0.25) is 0 Å². The second-order valence-corrected chi connectivity index (χ2v) is 4.86. The van der Waals surface area contributed by atoms with E-state index in [-0.39, 0.29) is 11.9 Å². The predicted molar refractivity (Wildman–Crippen MR) is 68.9 cm³/mol. The molecular weight excluding hydrogens is 264 g/mol. The molecule has 0 amide bonds. The minimum absolute atomic E-state index is 0.204. The molecule has 112 valence electrons. The van der Waals surface area contributed by atoms with Gasteiger partial charge in [-0.05, 0) is 13.3 Å². The van der Waals surface area contributed by atoms with Crippen LogP contribution in [0.4, 0.5) is 0 Å². The lowest BCUT2D eigenvalue weighted by molar-refractivity contribution is -0.247. The monoisotopic (exact) mass is 284 g/mol. The van der Waals surface area contributed by atoms with Gasteiger partial charge in [0.05, 0.1) is 25.0 Å². The molecule has 0 heterocycles. The highest BCUT2D eigenvalue weighted by atomic mass is 16.7. The summed E-state index contributed by atoms with van der Waals surface area (Å²) in [5.74, 6) is -3.14. The summed E-state index contributed by atoms with van der Waals surface area (Å²) in [7, 11) is 4.13. The van der Waals surface area contributed by atoms with Gasteiger partial charge >= 0.3 is 5.97 Å². The van der Waals surface area contributed by atoms with Gasteiger partial charge in [-0.1, -0.05) is 6.08 Å². The first-order valence-electron chi connectivity index (χ1n) is 6.61. The van der Waals surface area contributed by atoms with Crippen molar-refractivity contribution in [2.24, 2.45) is 11.8 Å². The Kier molecular flexibility index (Phi) is 4.27. The van der Waals surface area contributed by atoms with Crippen LogP contribution in [0.25, 0.3) is 0 Å². The first-order valence-corrected chi connectivity index (χ1v) is 6.61. The molecule has 0 radical (unpaired) electrons. The summed E-state index contributed by atoms with van der Waals surface area (Å²) in [6, 6.07) is 0. The third-order valence-electron chi connectivity index (χ3n) is 4.12. The number of ether oxygens (including phenoxy) is 4. The zero-order chi connectivity index (χ0) is 14.9. The van der Waals surface area contributed by atoms with Crippen LogP contribution < -0.4 is 0 Å². The van der Waals surface area contributed by atoms with E-state index in [0.29, 0.717) is 18.6 Å². The largest absolute Gasteiger partial charge is 0.466 e. The number of fused-ring (bicyclic) bond motifs is 2. The van der Waals surface area contributed by atoms with Crippen molar-refractivity contribution < 1.29 is 28.5 Å². The summed E-state index contributed by atoms with van der Waals surface area (Å²) in [5.41, 5.74) is 0.428. The lowest BCUT2D eigenvalue weighted by atomic mass is 9.65. The van der Waals surface area contributed by atoms with Gasteiger partial charge in [-0.3, -0.25) is 4.79 Å². The summed E-state index contributed by atoms with van der Waals surface area (Å²) in [6.07, 6.45) is 1.88. The first-order chi connectivity index (χ1) is 9.55. The SMILES string of the molecule is CCOC1CC2C(C(=O)OC)=CC1C(=O)C2(OC)OC. The highest BCUT2D eigenvalue weighted by Crippen LogP contribution is 2.48. The zero-order valence-corrected chi connectivity index (χ0v) is 12.2. The number of hydrogen-bond acceptors (Lipinski definition) is 6. The first kappa shape index (κ1) is 15.2. The minimum Gasteiger partial charge on any atom is -0.466 e. The van der Waals surface area contributed by atoms with Crippen LogP contribution in [0.5, 0.6) is 0 Å². The van der Waals surface area contributed by atoms with E-state index in [1.807, 2.05) is 6.92 Å². The summed E-state index contributed by atoms with van der Waals surface area (Å²) < 4.78 is 21.1. The Labute approximate surface area is 118 Å². The van der Waals surface area contributed by atoms with Gasteiger partial charge < -0.3 is 18.9 Å². The Hall–Kier alpha value is -1.24. The average molecular weight is 284 g/mol. The van der Waals surface area contributed by atoms with Crippen LogP contribution in [0.3, 0.4) is 0 Å². The number of Topliss-reactive ketones (excluding diaryl/α,β-unsaturated/α-hetero) is 1. The Morgan fingerprint density at radius 3 is 2.50 bits per heavy atom. The Morgan fingerprint density at radius 2 is 2.00 bits per heavy atom. The molecule has 2 bridgehead atoms. The van der Waals surface area contributed by atoms with Gasteiger partial charge in [0.1, 0.15) is 0 Å². The molecule has 20 heavy (non-hydrogen) atoms. The fourth-order valence-electron chi connectivity index (χ4n) is 3.21. The molecule has 0 spiro atoms. The van der Waals surface area contributed by atoms with Crippen molar-refractivity contribution in [3.63, 3.8) is 0 Å². The van der Waals surface area contributed by atoms with E-state index < -0.39 is 23.6 Å². The van der Waals surface area contributed by atoms with E-state index >= 15 is 0 Å². The van der Waals surface area contributed by atoms with Crippen molar-refractivity contribution >= 4 is 11.8 Å². The molecule has 0 N–H and O–H groups in total. The number of rotatable bonds is 5. The topological polar surface area (TPSA) is 71.1 Å². The highest BCUT2D eigenvalue weighted by molar-refractivity contribution is 6.00. The molecule has 3 aliphatic rings. The minimum atomic E-state index is -1.42. The van der Waals surface area contributed by atoms with Crippen LogP contribution in [0, 0.1) is 11.8 Å². The Balaban J connectivity index is 2.45. The van der Waals surface area contributed by atoms with Crippen molar-refractivity contribution in [2.45, 2.75) is 25.2 Å². The summed E-state index contributed by atoms with van der Waals surface area (Å²) in [6.45, 7) is 2.38. The zero-order valence-electron chi connectivity index (χ0n) is 12.2. The van der Waals surface area contributed by atoms with Gasteiger partial charge in [0.25, 0.3) is 0 Å². The molecule has 0 aromatic heterocycles. The van der Waals surface area contributed by atoms with Crippen molar-refractivity contribution in [1.29, 1.82) is 0 Å². The van der Waals surface area contributed by atoms with Crippen molar-refractivity contribution in [2.75, 3.05) is 27.9 Å². The van der Waals surface area contributed by atoms with Gasteiger partial charge in [-0.25, -0.2) is 4.79 Å². The van der Waals surface area contributed by atoms with Crippen LogP contribution in [0.15, 0.2) is 11.6 Å².